The molecule has 0 heterocycles. The van der Waals surface area contributed by atoms with Gasteiger partial charge in [-0.1, -0.05) is 25.1 Å². The molecule has 0 fully saturated rings. The van der Waals surface area contributed by atoms with Crippen LogP contribution in [0.1, 0.15) is 31.7 Å². The maximum Gasteiger partial charge on any atom is 0.159 e. The van der Waals surface area contributed by atoms with Crippen molar-refractivity contribution in [1.82, 2.24) is 0 Å². The Kier molecular flexibility index (Phi) is 3.78. The zero-order valence-corrected chi connectivity index (χ0v) is 12.6. The lowest BCUT2D eigenvalue weighted by Crippen LogP contribution is -2.16. The van der Waals surface area contributed by atoms with Gasteiger partial charge in [0.05, 0.1) is 7.11 Å². The fourth-order valence-corrected chi connectivity index (χ4v) is 3.02. The highest BCUT2D eigenvalue weighted by Crippen LogP contribution is 2.32. The SMILES string of the molecule is CCC1CCC(c2ccc3cc(OC)ccc3c2)=CC1=O. The lowest BCUT2D eigenvalue weighted by Gasteiger charge is -2.20. The Hall–Kier alpha value is -2.09. The number of hydrogen-bond acceptors (Lipinski definition) is 2. The monoisotopic (exact) mass is 280 g/mol. The topological polar surface area (TPSA) is 26.3 Å². The number of fused-ring (bicyclic) bond motifs is 1. The summed E-state index contributed by atoms with van der Waals surface area (Å²) in [4.78, 5) is 12.1. The average Bonchev–Trinajstić information content (AvgIpc) is 2.53. The summed E-state index contributed by atoms with van der Waals surface area (Å²) in [6.45, 7) is 2.09. The van der Waals surface area contributed by atoms with E-state index in [1.807, 2.05) is 18.2 Å². The molecule has 2 aromatic rings. The van der Waals surface area contributed by atoms with Crippen LogP contribution in [0.5, 0.6) is 5.75 Å². The van der Waals surface area contributed by atoms with Crippen molar-refractivity contribution in [3.63, 3.8) is 0 Å². The first-order valence-corrected chi connectivity index (χ1v) is 7.54. The van der Waals surface area contributed by atoms with Gasteiger partial charge in [0, 0.05) is 5.92 Å². The van der Waals surface area contributed by atoms with Crippen molar-refractivity contribution in [2.24, 2.45) is 5.92 Å². The second kappa shape index (κ2) is 5.72. The van der Waals surface area contributed by atoms with Gasteiger partial charge in [0.15, 0.2) is 5.78 Å². The van der Waals surface area contributed by atoms with Crippen molar-refractivity contribution in [3.8, 4) is 5.75 Å². The van der Waals surface area contributed by atoms with Crippen LogP contribution in [0.3, 0.4) is 0 Å². The molecule has 0 radical (unpaired) electrons. The van der Waals surface area contributed by atoms with Gasteiger partial charge in [-0.2, -0.15) is 0 Å². The molecule has 0 saturated heterocycles. The predicted octanol–water partition coefficient (Wildman–Crippen LogP) is 4.62. The third kappa shape index (κ3) is 2.71. The molecule has 0 saturated carbocycles. The van der Waals surface area contributed by atoms with E-state index in [4.69, 9.17) is 4.74 Å². The van der Waals surface area contributed by atoms with E-state index in [1.54, 1.807) is 7.11 Å². The predicted molar refractivity (Wildman–Crippen MR) is 86.5 cm³/mol. The molecule has 108 valence electrons. The lowest BCUT2D eigenvalue weighted by atomic mass is 9.84. The minimum atomic E-state index is 0.221. The quantitative estimate of drug-likeness (QED) is 0.820. The van der Waals surface area contributed by atoms with E-state index in [0.29, 0.717) is 0 Å². The summed E-state index contributed by atoms with van der Waals surface area (Å²) >= 11 is 0. The van der Waals surface area contributed by atoms with Crippen LogP contribution in [-0.4, -0.2) is 12.9 Å². The van der Waals surface area contributed by atoms with E-state index in [-0.39, 0.29) is 11.7 Å². The van der Waals surface area contributed by atoms with E-state index in [1.165, 1.54) is 11.0 Å². The highest BCUT2D eigenvalue weighted by molar-refractivity contribution is 6.00. The number of allylic oxidation sites excluding steroid dienone is 2. The summed E-state index contributed by atoms with van der Waals surface area (Å²) in [6.07, 6.45) is 4.76. The van der Waals surface area contributed by atoms with E-state index < -0.39 is 0 Å². The molecule has 3 rings (SSSR count). The second-order valence-corrected chi connectivity index (χ2v) is 5.64. The maximum atomic E-state index is 12.1. The summed E-state index contributed by atoms with van der Waals surface area (Å²) in [5, 5.41) is 2.34. The molecule has 1 aliphatic carbocycles. The van der Waals surface area contributed by atoms with Gasteiger partial charge >= 0.3 is 0 Å². The number of ketones is 1. The smallest absolute Gasteiger partial charge is 0.159 e. The number of benzene rings is 2. The molecule has 0 aliphatic heterocycles. The van der Waals surface area contributed by atoms with Crippen LogP contribution in [0.15, 0.2) is 42.5 Å². The Balaban J connectivity index is 1.96. The van der Waals surface area contributed by atoms with Gasteiger partial charge in [0.25, 0.3) is 0 Å². The Bertz CT molecular complexity index is 713. The van der Waals surface area contributed by atoms with E-state index in [9.17, 15) is 4.79 Å². The van der Waals surface area contributed by atoms with Crippen molar-refractivity contribution in [1.29, 1.82) is 0 Å². The molecule has 2 nitrogen and oxygen atoms in total. The van der Waals surface area contributed by atoms with Crippen molar-refractivity contribution in [2.75, 3.05) is 7.11 Å². The Labute approximate surface area is 125 Å². The van der Waals surface area contributed by atoms with Crippen molar-refractivity contribution in [3.05, 3.63) is 48.0 Å². The Morgan fingerprint density at radius 2 is 1.90 bits per heavy atom. The second-order valence-electron chi connectivity index (χ2n) is 5.64. The fourth-order valence-electron chi connectivity index (χ4n) is 3.02. The Morgan fingerprint density at radius 3 is 2.62 bits per heavy atom. The van der Waals surface area contributed by atoms with Crippen LogP contribution in [-0.2, 0) is 4.79 Å². The normalized spacial score (nSPS) is 18.7. The number of ether oxygens (including phenoxy) is 1. The highest BCUT2D eigenvalue weighted by atomic mass is 16.5. The molecule has 0 aromatic heterocycles. The summed E-state index contributed by atoms with van der Waals surface area (Å²) in [5.74, 6) is 1.38. The van der Waals surface area contributed by atoms with Gasteiger partial charge in [0.1, 0.15) is 5.75 Å². The van der Waals surface area contributed by atoms with E-state index in [2.05, 4.69) is 31.2 Å². The molecule has 0 bridgehead atoms. The lowest BCUT2D eigenvalue weighted by molar-refractivity contribution is -0.118. The average molecular weight is 280 g/mol. The minimum Gasteiger partial charge on any atom is -0.497 e. The molecule has 0 amide bonds. The fraction of sp³-hybridized carbons (Fsp3) is 0.316. The number of hydrogen-bond donors (Lipinski definition) is 0. The summed E-state index contributed by atoms with van der Waals surface area (Å²) in [6, 6.07) is 12.4. The molecule has 1 aliphatic rings. The molecule has 0 N–H and O–H groups in total. The number of carbonyl (C=O) groups is 1. The minimum absolute atomic E-state index is 0.221. The zero-order valence-electron chi connectivity index (χ0n) is 12.6. The summed E-state index contributed by atoms with van der Waals surface area (Å²) in [7, 11) is 1.68. The van der Waals surface area contributed by atoms with Gasteiger partial charge in [-0.05, 0) is 65.4 Å². The molecular formula is C19H20O2. The first-order valence-electron chi connectivity index (χ1n) is 7.54. The zero-order chi connectivity index (χ0) is 14.8. The molecule has 1 unspecified atom stereocenters. The standard InChI is InChI=1S/C19H20O2/c1-3-13-4-5-17(12-19(13)20)14-6-7-16-11-18(21-2)9-8-15(16)10-14/h6-13H,3-5H2,1-2H3. The van der Waals surface area contributed by atoms with E-state index >= 15 is 0 Å². The summed E-state index contributed by atoms with van der Waals surface area (Å²) < 4.78 is 5.25. The Morgan fingerprint density at radius 1 is 1.14 bits per heavy atom. The van der Waals surface area contributed by atoms with Gasteiger partial charge < -0.3 is 4.74 Å². The van der Waals surface area contributed by atoms with Gasteiger partial charge in [-0.3, -0.25) is 4.79 Å². The summed E-state index contributed by atoms with van der Waals surface area (Å²) in [5.41, 5.74) is 2.33. The van der Waals surface area contributed by atoms with Crippen LogP contribution in [0.25, 0.3) is 16.3 Å². The van der Waals surface area contributed by atoms with Crippen LogP contribution in [0.2, 0.25) is 0 Å². The first-order chi connectivity index (χ1) is 10.2. The molecule has 1 atom stereocenters. The molecule has 0 spiro atoms. The number of carbonyl (C=O) groups excluding carboxylic acids is 1. The van der Waals surface area contributed by atoms with Gasteiger partial charge in [-0.15, -0.1) is 0 Å². The van der Waals surface area contributed by atoms with Crippen LogP contribution >= 0.6 is 0 Å². The molecule has 2 heteroatoms. The van der Waals surface area contributed by atoms with Crippen LogP contribution in [0.4, 0.5) is 0 Å². The first kappa shape index (κ1) is 13.9. The van der Waals surface area contributed by atoms with Crippen LogP contribution in [0, 0.1) is 5.92 Å². The number of rotatable bonds is 3. The largest absolute Gasteiger partial charge is 0.497 e. The maximum absolute atomic E-state index is 12.1. The molecule has 2 aromatic carbocycles. The van der Waals surface area contributed by atoms with Gasteiger partial charge in [-0.25, -0.2) is 0 Å². The third-order valence-electron chi connectivity index (χ3n) is 4.39. The van der Waals surface area contributed by atoms with Crippen molar-refractivity contribution in [2.45, 2.75) is 26.2 Å². The third-order valence-corrected chi connectivity index (χ3v) is 4.39. The van der Waals surface area contributed by atoms with Crippen molar-refractivity contribution < 1.29 is 9.53 Å². The van der Waals surface area contributed by atoms with E-state index in [0.717, 1.165) is 36.0 Å². The van der Waals surface area contributed by atoms with Crippen LogP contribution < -0.4 is 4.74 Å². The highest BCUT2D eigenvalue weighted by Gasteiger charge is 2.21. The van der Waals surface area contributed by atoms with Gasteiger partial charge in [0.2, 0.25) is 0 Å². The molecular weight excluding hydrogens is 260 g/mol. The van der Waals surface area contributed by atoms with Crippen molar-refractivity contribution >= 4 is 22.1 Å². The molecule has 21 heavy (non-hydrogen) atoms. The number of methoxy groups -OCH3 is 1.